The fourth-order valence-corrected chi connectivity index (χ4v) is 4.15. The van der Waals surface area contributed by atoms with Gasteiger partial charge in [-0.1, -0.05) is 36.1 Å². The van der Waals surface area contributed by atoms with Gasteiger partial charge in [0.05, 0.1) is 30.7 Å². The van der Waals surface area contributed by atoms with Crippen LogP contribution < -0.4 is 14.4 Å². The van der Waals surface area contributed by atoms with E-state index in [9.17, 15) is 9.59 Å². The Morgan fingerprint density at radius 1 is 1.17 bits per heavy atom. The molecule has 1 fully saturated rings. The molecule has 6 nitrogen and oxygen atoms in total. The minimum absolute atomic E-state index is 0.0413. The Hall–Kier alpha value is -2.84. The summed E-state index contributed by atoms with van der Waals surface area (Å²) in [5.41, 5.74) is 3.74. The van der Waals surface area contributed by atoms with Crippen LogP contribution in [0.5, 0.6) is 11.5 Å². The largest absolute Gasteiger partial charge is 0.493 e. The van der Waals surface area contributed by atoms with E-state index in [1.54, 1.807) is 29.2 Å². The highest BCUT2D eigenvalue weighted by Gasteiger charge is 2.33. The van der Waals surface area contributed by atoms with Crippen molar-refractivity contribution in [3.63, 3.8) is 0 Å². The van der Waals surface area contributed by atoms with Crippen LogP contribution in [0.1, 0.15) is 23.1 Å². The molecular formula is C22H21NO5S2. The number of carboxylic acids is 1. The van der Waals surface area contributed by atoms with Crippen LogP contribution >= 0.6 is 24.0 Å². The molecule has 1 aliphatic heterocycles. The molecule has 0 aromatic heterocycles. The summed E-state index contributed by atoms with van der Waals surface area (Å²) in [4.78, 5) is 25.7. The normalized spacial score (nSPS) is 15.0. The summed E-state index contributed by atoms with van der Waals surface area (Å²) >= 11 is 6.69. The van der Waals surface area contributed by atoms with E-state index in [-0.39, 0.29) is 18.9 Å². The lowest BCUT2D eigenvalue weighted by atomic mass is 10.1. The van der Waals surface area contributed by atoms with E-state index in [1.165, 1.54) is 18.9 Å². The van der Waals surface area contributed by atoms with Crippen molar-refractivity contribution >= 4 is 51.9 Å². The van der Waals surface area contributed by atoms with Crippen molar-refractivity contribution in [2.24, 2.45) is 0 Å². The molecule has 0 aliphatic carbocycles. The maximum absolute atomic E-state index is 13.0. The summed E-state index contributed by atoms with van der Waals surface area (Å²) in [7, 11) is 1.50. The number of amides is 1. The van der Waals surface area contributed by atoms with Crippen molar-refractivity contribution in [1.29, 1.82) is 0 Å². The molecule has 3 rings (SSSR count). The number of nitrogens with zero attached hydrogens (tertiary/aromatic N) is 1. The van der Waals surface area contributed by atoms with Crippen molar-refractivity contribution in [2.75, 3.05) is 18.6 Å². The average molecular weight is 444 g/mol. The van der Waals surface area contributed by atoms with E-state index < -0.39 is 5.97 Å². The predicted octanol–water partition coefficient (Wildman–Crippen LogP) is 4.57. The van der Waals surface area contributed by atoms with Crippen LogP contribution in [0.25, 0.3) is 6.08 Å². The number of carbonyl (C=O) groups excluding carboxylic acids is 1. The first-order valence-electron chi connectivity index (χ1n) is 9.18. The SMILES string of the molecule is COc1cc(/C=C2/SC(=S)N(c3ccc(C)c(C)c3)C2=O)ccc1OCCC(=O)O. The molecule has 1 amide bonds. The maximum atomic E-state index is 13.0. The summed E-state index contributed by atoms with van der Waals surface area (Å²) < 4.78 is 11.3. The number of aliphatic carboxylic acids is 1. The Morgan fingerprint density at radius 3 is 2.60 bits per heavy atom. The van der Waals surface area contributed by atoms with Gasteiger partial charge in [-0.15, -0.1) is 0 Å². The standard InChI is InChI=1S/C22H21NO5S2/c1-13-4-6-16(10-14(13)2)23-21(26)19(30-22(23)29)12-15-5-7-17(18(11-15)27-3)28-9-8-20(24)25/h4-7,10-12H,8-9H2,1-3H3,(H,24,25)/b19-12+. The molecule has 0 radical (unpaired) electrons. The van der Waals surface area contributed by atoms with Crippen molar-refractivity contribution in [3.05, 3.63) is 58.0 Å². The molecule has 0 saturated carbocycles. The highest BCUT2D eigenvalue weighted by Crippen LogP contribution is 2.37. The van der Waals surface area contributed by atoms with Gasteiger partial charge in [-0.05, 0) is 60.9 Å². The predicted molar refractivity (Wildman–Crippen MR) is 122 cm³/mol. The minimum atomic E-state index is -0.934. The zero-order valence-electron chi connectivity index (χ0n) is 16.8. The van der Waals surface area contributed by atoms with Crippen LogP contribution in [0.4, 0.5) is 5.69 Å². The Kier molecular flexibility index (Phi) is 6.79. The molecule has 2 aromatic carbocycles. The molecule has 1 saturated heterocycles. The van der Waals surface area contributed by atoms with Crippen LogP contribution in [0.15, 0.2) is 41.3 Å². The minimum Gasteiger partial charge on any atom is -0.493 e. The number of carboxylic acid groups (broad SMARTS) is 1. The average Bonchev–Trinajstić information content (AvgIpc) is 2.98. The van der Waals surface area contributed by atoms with Crippen molar-refractivity contribution in [2.45, 2.75) is 20.3 Å². The summed E-state index contributed by atoms with van der Waals surface area (Å²) in [5.74, 6) is -0.206. The third kappa shape index (κ3) is 4.83. The Balaban J connectivity index is 1.82. The Morgan fingerprint density at radius 2 is 1.93 bits per heavy atom. The van der Waals surface area contributed by atoms with Crippen molar-refractivity contribution < 1.29 is 24.2 Å². The Labute approximate surface area is 184 Å². The smallest absolute Gasteiger partial charge is 0.306 e. The summed E-state index contributed by atoms with van der Waals surface area (Å²) in [5, 5.41) is 8.73. The number of thioether (sulfide) groups is 1. The third-order valence-electron chi connectivity index (χ3n) is 4.60. The van der Waals surface area contributed by atoms with Crippen molar-refractivity contribution in [1.82, 2.24) is 0 Å². The van der Waals surface area contributed by atoms with Gasteiger partial charge < -0.3 is 14.6 Å². The van der Waals surface area contributed by atoms with E-state index in [0.29, 0.717) is 20.7 Å². The highest BCUT2D eigenvalue weighted by molar-refractivity contribution is 8.27. The van der Waals surface area contributed by atoms with Gasteiger partial charge in [-0.2, -0.15) is 0 Å². The fourth-order valence-electron chi connectivity index (χ4n) is 2.85. The summed E-state index contributed by atoms with van der Waals surface area (Å²) in [6, 6.07) is 11.0. The lowest BCUT2D eigenvalue weighted by Crippen LogP contribution is -2.27. The fraction of sp³-hybridized carbons (Fsp3) is 0.227. The Bertz CT molecular complexity index is 1050. The first kappa shape index (κ1) is 21.9. The zero-order valence-corrected chi connectivity index (χ0v) is 18.4. The van der Waals surface area contributed by atoms with E-state index in [0.717, 1.165) is 22.4 Å². The van der Waals surface area contributed by atoms with Crippen LogP contribution in [0.2, 0.25) is 0 Å². The molecule has 0 bridgehead atoms. The van der Waals surface area contributed by atoms with Gasteiger partial charge in [-0.3, -0.25) is 14.5 Å². The second-order valence-electron chi connectivity index (χ2n) is 6.69. The molecule has 0 spiro atoms. The molecule has 1 heterocycles. The van der Waals surface area contributed by atoms with Gasteiger partial charge >= 0.3 is 5.97 Å². The van der Waals surface area contributed by atoms with Crippen LogP contribution in [0, 0.1) is 13.8 Å². The number of ether oxygens (including phenoxy) is 2. The highest BCUT2D eigenvalue weighted by atomic mass is 32.2. The molecule has 2 aromatic rings. The number of hydrogen-bond donors (Lipinski definition) is 1. The zero-order chi connectivity index (χ0) is 21.8. The van der Waals surface area contributed by atoms with Crippen LogP contribution in [-0.2, 0) is 9.59 Å². The number of carbonyl (C=O) groups is 2. The van der Waals surface area contributed by atoms with Gasteiger partial charge in [0, 0.05) is 0 Å². The number of benzene rings is 2. The third-order valence-corrected chi connectivity index (χ3v) is 5.90. The van der Waals surface area contributed by atoms with Crippen molar-refractivity contribution in [3.8, 4) is 11.5 Å². The van der Waals surface area contributed by atoms with Crippen LogP contribution in [0.3, 0.4) is 0 Å². The second-order valence-corrected chi connectivity index (χ2v) is 8.36. The van der Waals surface area contributed by atoms with E-state index in [2.05, 4.69) is 0 Å². The lowest BCUT2D eigenvalue weighted by molar-refractivity contribution is -0.137. The number of methoxy groups -OCH3 is 1. The first-order valence-corrected chi connectivity index (χ1v) is 10.4. The van der Waals surface area contributed by atoms with Gasteiger partial charge in [0.25, 0.3) is 5.91 Å². The molecule has 0 atom stereocenters. The number of thiocarbonyl (C=S) groups is 1. The molecule has 156 valence electrons. The monoisotopic (exact) mass is 443 g/mol. The van der Waals surface area contributed by atoms with Gasteiger partial charge in [-0.25, -0.2) is 0 Å². The molecule has 1 aliphatic rings. The molecule has 8 heteroatoms. The molecule has 1 N–H and O–H groups in total. The van der Waals surface area contributed by atoms with Gasteiger partial charge in [0.15, 0.2) is 15.8 Å². The number of rotatable bonds is 7. The van der Waals surface area contributed by atoms with E-state index in [1.807, 2.05) is 32.0 Å². The number of anilines is 1. The maximum Gasteiger partial charge on any atom is 0.306 e. The quantitative estimate of drug-likeness (QED) is 0.496. The van der Waals surface area contributed by atoms with Gasteiger partial charge in [0.2, 0.25) is 0 Å². The van der Waals surface area contributed by atoms with E-state index in [4.69, 9.17) is 26.8 Å². The van der Waals surface area contributed by atoms with Gasteiger partial charge in [0.1, 0.15) is 0 Å². The second kappa shape index (κ2) is 9.32. The van der Waals surface area contributed by atoms with E-state index >= 15 is 0 Å². The number of hydrogen-bond acceptors (Lipinski definition) is 6. The lowest BCUT2D eigenvalue weighted by Gasteiger charge is -2.16. The molecule has 30 heavy (non-hydrogen) atoms. The first-order chi connectivity index (χ1) is 14.3. The molecule has 0 unspecified atom stereocenters. The summed E-state index contributed by atoms with van der Waals surface area (Å²) in [6.45, 7) is 4.06. The topological polar surface area (TPSA) is 76.1 Å². The number of aryl methyl sites for hydroxylation is 2. The summed E-state index contributed by atoms with van der Waals surface area (Å²) in [6.07, 6.45) is 1.65. The molecular weight excluding hydrogens is 422 g/mol. The van der Waals surface area contributed by atoms with Crippen LogP contribution in [-0.4, -0.2) is 35.0 Å².